The van der Waals surface area contributed by atoms with Crippen molar-refractivity contribution in [3.63, 3.8) is 0 Å². The van der Waals surface area contributed by atoms with Crippen LogP contribution in [0.1, 0.15) is 77.0 Å². The molecule has 0 amide bonds. The Kier molecular flexibility index (Phi) is 13.6. The van der Waals surface area contributed by atoms with E-state index in [0.717, 1.165) is 25.7 Å². The van der Waals surface area contributed by atoms with Crippen molar-refractivity contribution < 1.29 is 17.5 Å². The minimum Gasteiger partial charge on any atom is -0.370 e. The fourth-order valence-electron chi connectivity index (χ4n) is 3.20. The molecular weight excluding hydrogens is 372 g/mol. The number of nitrogens with two attached hydrogens (primary N) is 4. The first kappa shape index (κ1) is 25.4. The molecule has 0 radical (unpaired) electrons. The summed E-state index contributed by atoms with van der Waals surface area (Å²) in [5.74, 6) is 0.494. The van der Waals surface area contributed by atoms with Crippen molar-refractivity contribution in [2.24, 2.45) is 32.9 Å². The van der Waals surface area contributed by atoms with Gasteiger partial charge in [0.05, 0.1) is 12.1 Å². The van der Waals surface area contributed by atoms with Gasteiger partial charge in [0.2, 0.25) is 0 Å². The van der Waals surface area contributed by atoms with Gasteiger partial charge < -0.3 is 22.9 Å². The summed E-state index contributed by atoms with van der Waals surface area (Å²) in [6, 6.07) is 0.810. The number of hydrogen-bond donors (Lipinski definition) is 6. The summed E-state index contributed by atoms with van der Waals surface area (Å²) in [5.41, 5.74) is 21.2. The zero-order valence-corrected chi connectivity index (χ0v) is 16.8. The lowest BCUT2D eigenvalue weighted by atomic mass is 10.1. The van der Waals surface area contributed by atoms with Gasteiger partial charge in [-0.15, -0.1) is 0 Å². The summed E-state index contributed by atoms with van der Waals surface area (Å²) >= 11 is 0. The van der Waals surface area contributed by atoms with E-state index in [1.807, 2.05) is 0 Å². The molecule has 0 unspecified atom stereocenters. The van der Waals surface area contributed by atoms with Gasteiger partial charge in [0.25, 0.3) is 0 Å². The Bertz CT molecular complexity index is 487. The van der Waals surface area contributed by atoms with Crippen LogP contribution in [0.15, 0.2) is 9.98 Å². The van der Waals surface area contributed by atoms with Crippen LogP contribution < -0.4 is 22.9 Å². The average molecular weight is 409 g/mol. The molecule has 0 aromatic carbocycles. The van der Waals surface area contributed by atoms with Gasteiger partial charge in [-0.1, -0.05) is 51.4 Å². The highest BCUT2D eigenvalue weighted by Gasteiger charge is 2.10. The smallest absolute Gasteiger partial charge is 0.370 e. The Morgan fingerprint density at radius 3 is 1.04 bits per heavy atom. The van der Waals surface area contributed by atoms with Crippen molar-refractivity contribution in [1.82, 2.24) is 0 Å². The molecule has 2 saturated carbocycles. The van der Waals surface area contributed by atoms with Crippen molar-refractivity contribution in [3.05, 3.63) is 0 Å². The van der Waals surface area contributed by atoms with E-state index in [9.17, 15) is 0 Å². The average Bonchev–Trinajstić information content (AvgIpc) is 2.90. The minimum atomic E-state index is -4.67. The third kappa shape index (κ3) is 20.6. The molecule has 0 aromatic heterocycles. The maximum Gasteiger partial charge on any atom is 0.394 e. The molecule has 0 atom stereocenters. The number of guanidine groups is 2. The van der Waals surface area contributed by atoms with Crippen LogP contribution in [0.25, 0.3) is 0 Å². The van der Waals surface area contributed by atoms with Gasteiger partial charge in [-0.2, -0.15) is 8.42 Å². The topological polar surface area (TPSA) is 203 Å². The largest absolute Gasteiger partial charge is 0.394 e. The van der Waals surface area contributed by atoms with Gasteiger partial charge in [0, 0.05) is 0 Å². The molecule has 10 N–H and O–H groups in total. The Morgan fingerprint density at radius 2 is 0.852 bits per heavy atom. The maximum absolute atomic E-state index is 8.74. The lowest BCUT2D eigenvalue weighted by molar-refractivity contribution is 0.381. The van der Waals surface area contributed by atoms with Crippen molar-refractivity contribution in [2.45, 2.75) is 89.1 Å². The van der Waals surface area contributed by atoms with Crippen LogP contribution in [0.4, 0.5) is 0 Å². The van der Waals surface area contributed by atoms with Crippen molar-refractivity contribution >= 4 is 22.3 Å². The second-order valence-corrected chi connectivity index (χ2v) is 7.74. The van der Waals surface area contributed by atoms with Gasteiger partial charge in [-0.3, -0.25) is 19.1 Å². The third-order valence-electron chi connectivity index (χ3n) is 4.31. The van der Waals surface area contributed by atoms with E-state index < -0.39 is 10.4 Å². The van der Waals surface area contributed by atoms with Crippen molar-refractivity contribution in [1.29, 1.82) is 0 Å². The zero-order valence-electron chi connectivity index (χ0n) is 16.0. The second-order valence-electron chi connectivity index (χ2n) is 6.85. The molecule has 0 heterocycles. The molecule has 2 fully saturated rings. The zero-order chi connectivity index (χ0) is 20.7. The fraction of sp³-hybridized carbons (Fsp3) is 0.875. The molecule has 0 spiro atoms. The Hall–Kier alpha value is -1.59. The van der Waals surface area contributed by atoms with E-state index in [4.69, 9.17) is 40.5 Å². The lowest BCUT2D eigenvalue weighted by Gasteiger charge is -2.07. The van der Waals surface area contributed by atoms with E-state index in [0.29, 0.717) is 12.1 Å². The summed E-state index contributed by atoms with van der Waals surface area (Å²) in [4.78, 5) is 8.34. The summed E-state index contributed by atoms with van der Waals surface area (Å²) in [7, 11) is -4.67. The minimum absolute atomic E-state index is 0.247. The maximum atomic E-state index is 8.74. The molecule has 2 aliphatic rings. The van der Waals surface area contributed by atoms with Crippen molar-refractivity contribution in [3.8, 4) is 0 Å². The molecular formula is C16H36N6O4S. The van der Waals surface area contributed by atoms with Crippen LogP contribution in [0, 0.1) is 0 Å². The SMILES string of the molecule is NC(N)=NC1CCCCCC1.NC(N)=NC1CCCCCC1.O=S(=O)(O)O. The molecule has 0 aliphatic heterocycles. The predicted molar refractivity (Wildman–Crippen MR) is 109 cm³/mol. The Balaban J connectivity index is 0.000000405. The molecule has 0 aromatic rings. The van der Waals surface area contributed by atoms with E-state index in [1.165, 1.54) is 51.4 Å². The van der Waals surface area contributed by atoms with Crippen LogP contribution >= 0.6 is 0 Å². The van der Waals surface area contributed by atoms with Crippen LogP contribution in [0.2, 0.25) is 0 Å². The molecule has 27 heavy (non-hydrogen) atoms. The van der Waals surface area contributed by atoms with E-state index in [-0.39, 0.29) is 11.9 Å². The van der Waals surface area contributed by atoms with Crippen LogP contribution in [-0.4, -0.2) is 41.5 Å². The molecule has 2 aliphatic carbocycles. The number of hydrogen-bond acceptors (Lipinski definition) is 4. The van der Waals surface area contributed by atoms with E-state index >= 15 is 0 Å². The number of rotatable bonds is 2. The van der Waals surface area contributed by atoms with Crippen molar-refractivity contribution in [2.75, 3.05) is 0 Å². The highest BCUT2D eigenvalue weighted by Crippen LogP contribution is 2.20. The molecule has 0 saturated heterocycles. The molecule has 2 rings (SSSR count). The summed E-state index contributed by atoms with van der Waals surface area (Å²) in [6.45, 7) is 0. The Labute approximate surface area is 162 Å². The second kappa shape index (κ2) is 14.5. The summed E-state index contributed by atoms with van der Waals surface area (Å²) in [5, 5.41) is 0. The monoisotopic (exact) mass is 408 g/mol. The molecule has 160 valence electrons. The van der Waals surface area contributed by atoms with Gasteiger partial charge in [0.15, 0.2) is 11.9 Å². The molecule has 0 bridgehead atoms. The highest BCUT2D eigenvalue weighted by atomic mass is 32.3. The third-order valence-corrected chi connectivity index (χ3v) is 4.31. The van der Waals surface area contributed by atoms with Gasteiger partial charge in [0.1, 0.15) is 0 Å². The van der Waals surface area contributed by atoms with Gasteiger partial charge in [-0.25, -0.2) is 0 Å². The van der Waals surface area contributed by atoms with Crippen LogP contribution in [0.3, 0.4) is 0 Å². The molecule has 10 nitrogen and oxygen atoms in total. The first-order chi connectivity index (χ1) is 12.6. The summed E-state index contributed by atoms with van der Waals surface area (Å²) < 4.78 is 31.6. The fourth-order valence-corrected chi connectivity index (χ4v) is 3.20. The first-order valence-corrected chi connectivity index (χ1v) is 10.8. The quantitative estimate of drug-likeness (QED) is 0.170. The predicted octanol–water partition coefficient (Wildman–Crippen LogP) is 1.31. The van der Waals surface area contributed by atoms with E-state index in [2.05, 4.69) is 9.98 Å². The molecule has 11 heteroatoms. The number of nitrogens with zero attached hydrogens (tertiary/aromatic N) is 2. The lowest BCUT2D eigenvalue weighted by Crippen LogP contribution is -2.25. The van der Waals surface area contributed by atoms with E-state index in [1.54, 1.807) is 0 Å². The van der Waals surface area contributed by atoms with Crippen LogP contribution in [0.5, 0.6) is 0 Å². The normalized spacial score (nSPS) is 19.0. The first-order valence-electron chi connectivity index (χ1n) is 9.45. The van der Waals surface area contributed by atoms with Gasteiger partial charge >= 0.3 is 10.4 Å². The highest BCUT2D eigenvalue weighted by molar-refractivity contribution is 7.79. The number of aliphatic imine (C=N–C) groups is 2. The summed E-state index contributed by atoms with van der Waals surface area (Å²) in [6.07, 6.45) is 15.2. The van der Waals surface area contributed by atoms with Gasteiger partial charge in [-0.05, 0) is 25.7 Å². The van der Waals surface area contributed by atoms with Crippen LogP contribution in [-0.2, 0) is 10.4 Å². The standard InChI is InChI=1S/2C8H17N3.H2O4S/c2*9-8(10)11-7-5-3-1-2-4-6-7;1-5(2,3)4/h2*7H,1-6H2,(H4,9,10,11);(H2,1,2,3,4). The Morgan fingerprint density at radius 1 is 0.630 bits per heavy atom.